The molecule has 0 N–H and O–H groups in total. The van der Waals surface area contributed by atoms with Crippen LogP contribution >= 0.6 is 11.8 Å². The van der Waals surface area contributed by atoms with Gasteiger partial charge in [0.2, 0.25) is 0 Å². The molecule has 1 aromatic rings. The number of carbonyl (C=O) groups excluding carboxylic acids is 2. The molecule has 1 spiro atoms. The average Bonchev–Trinajstić information content (AvgIpc) is 3.03. The van der Waals surface area contributed by atoms with Gasteiger partial charge in [-0.25, -0.2) is 9.78 Å². The first-order chi connectivity index (χ1) is 10.3. The van der Waals surface area contributed by atoms with Crippen molar-refractivity contribution in [1.29, 1.82) is 0 Å². The van der Waals surface area contributed by atoms with E-state index in [-0.39, 0.29) is 16.9 Å². The van der Waals surface area contributed by atoms with Gasteiger partial charge in [-0.3, -0.25) is 4.79 Å². The molecule has 0 aromatic carbocycles. The first-order valence-electron chi connectivity index (χ1n) is 7.13. The summed E-state index contributed by atoms with van der Waals surface area (Å²) in [6, 6.07) is 0. The molecule has 0 radical (unpaired) electrons. The highest BCUT2D eigenvalue weighted by Crippen LogP contribution is 2.44. The fraction of sp³-hybridized carbons (Fsp3) is 0.643. The number of nitrogens with zero attached hydrogens (tertiary/aromatic N) is 3. The van der Waals surface area contributed by atoms with Crippen molar-refractivity contribution in [2.75, 3.05) is 25.4 Å². The van der Waals surface area contributed by atoms with Gasteiger partial charge in [0, 0.05) is 12.3 Å². The third-order valence-electron chi connectivity index (χ3n) is 3.60. The molecule has 0 atom stereocenters. The lowest BCUT2D eigenvalue weighted by Crippen LogP contribution is -2.68. The normalized spacial score (nSPS) is 20.1. The van der Waals surface area contributed by atoms with Gasteiger partial charge in [0.05, 0.1) is 13.1 Å². The largest absolute Gasteiger partial charge is 0.451 e. The van der Waals surface area contributed by atoms with E-state index in [9.17, 15) is 9.59 Å². The second-order valence-electron chi connectivity index (χ2n) is 6.46. The summed E-state index contributed by atoms with van der Waals surface area (Å²) in [4.78, 5) is 31.5. The molecule has 7 nitrogen and oxygen atoms in total. The molecular formula is C14H19N3O4S. The van der Waals surface area contributed by atoms with Crippen molar-refractivity contribution >= 4 is 23.8 Å². The van der Waals surface area contributed by atoms with Crippen LogP contribution in [-0.2, 0) is 4.74 Å². The van der Waals surface area contributed by atoms with E-state index in [2.05, 4.69) is 4.98 Å². The molecule has 1 aromatic heterocycles. The van der Waals surface area contributed by atoms with Crippen molar-refractivity contribution in [2.24, 2.45) is 0 Å². The van der Waals surface area contributed by atoms with E-state index in [0.29, 0.717) is 25.3 Å². The molecule has 3 rings (SSSR count). The van der Waals surface area contributed by atoms with E-state index < -0.39 is 5.60 Å². The van der Waals surface area contributed by atoms with Crippen LogP contribution in [0.25, 0.3) is 0 Å². The number of rotatable bonds is 1. The summed E-state index contributed by atoms with van der Waals surface area (Å²) < 4.78 is 10.2. The van der Waals surface area contributed by atoms with Gasteiger partial charge in [-0.05, 0) is 20.8 Å². The molecule has 2 aliphatic rings. The lowest BCUT2D eigenvalue weighted by molar-refractivity contribution is -0.0182. The van der Waals surface area contributed by atoms with Crippen LogP contribution in [0, 0.1) is 0 Å². The molecular weight excluding hydrogens is 306 g/mol. The summed E-state index contributed by atoms with van der Waals surface area (Å²) in [6.45, 7) is 7.13. The predicted octanol–water partition coefficient (Wildman–Crippen LogP) is 1.81. The fourth-order valence-corrected chi connectivity index (χ4v) is 4.10. The first kappa shape index (κ1) is 15.2. The zero-order chi connectivity index (χ0) is 16.0. The zero-order valence-electron chi connectivity index (χ0n) is 12.9. The number of oxazole rings is 1. The maximum atomic E-state index is 12.5. The Bertz CT molecular complexity index is 575. The Kier molecular flexibility index (Phi) is 3.58. The molecule has 0 saturated carbocycles. The monoisotopic (exact) mass is 325 g/mol. The van der Waals surface area contributed by atoms with Crippen LogP contribution in [-0.4, -0.2) is 62.6 Å². The van der Waals surface area contributed by atoms with Crippen molar-refractivity contribution in [1.82, 2.24) is 14.8 Å². The fourth-order valence-electron chi connectivity index (χ4n) is 2.62. The predicted molar refractivity (Wildman–Crippen MR) is 80.5 cm³/mol. The lowest BCUT2D eigenvalue weighted by Gasteiger charge is -2.51. The van der Waals surface area contributed by atoms with Gasteiger partial charge in [-0.15, -0.1) is 11.8 Å². The van der Waals surface area contributed by atoms with E-state index in [1.165, 1.54) is 12.7 Å². The quantitative estimate of drug-likeness (QED) is 0.784. The summed E-state index contributed by atoms with van der Waals surface area (Å²) in [5.74, 6) is 0.703. The molecule has 120 valence electrons. The number of thioether (sulfide) groups is 1. The Morgan fingerprint density at radius 2 is 2.14 bits per heavy atom. The van der Waals surface area contributed by atoms with Crippen LogP contribution < -0.4 is 0 Å². The number of amides is 2. The van der Waals surface area contributed by atoms with Crippen molar-refractivity contribution < 1.29 is 18.7 Å². The summed E-state index contributed by atoms with van der Waals surface area (Å²) in [6.07, 6.45) is 2.26. The highest BCUT2D eigenvalue weighted by atomic mass is 32.2. The Morgan fingerprint density at radius 3 is 2.73 bits per heavy atom. The SMILES string of the molecule is CC(C)(C)OC(=O)N1CC2(C1)SCCN2C(=O)c1cocn1. The van der Waals surface area contributed by atoms with Gasteiger partial charge in [-0.1, -0.05) is 0 Å². The van der Waals surface area contributed by atoms with Gasteiger partial charge < -0.3 is 19.0 Å². The standard InChI is InChI=1S/C14H19N3O4S/c1-13(2,3)21-12(19)16-7-14(8-16)17(4-5-22-14)11(18)10-6-20-9-15-10/h6,9H,4-5,7-8H2,1-3H3. The Morgan fingerprint density at radius 1 is 1.41 bits per heavy atom. The Balaban J connectivity index is 1.66. The first-order valence-corrected chi connectivity index (χ1v) is 8.11. The highest BCUT2D eigenvalue weighted by molar-refractivity contribution is 8.01. The second-order valence-corrected chi connectivity index (χ2v) is 7.92. The van der Waals surface area contributed by atoms with Gasteiger partial charge >= 0.3 is 6.09 Å². The summed E-state index contributed by atoms with van der Waals surface area (Å²) in [7, 11) is 0. The maximum absolute atomic E-state index is 12.5. The number of aromatic nitrogens is 1. The summed E-state index contributed by atoms with van der Waals surface area (Å²) >= 11 is 1.70. The highest BCUT2D eigenvalue weighted by Gasteiger charge is 2.55. The van der Waals surface area contributed by atoms with Crippen LogP contribution in [0.4, 0.5) is 4.79 Å². The van der Waals surface area contributed by atoms with Crippen LogP contribution in [0.15, 0.2) is 17.1 Å². The van der Waals surface area contributed by atoms with E-state index in [4.69, 9.17) is 9.15 Å². The molecule has 2 fully saturated rings. The second kappa shape index (κ2) is 5.19. The molecule has 8 heteroatoms. The third kappa shape index (κ3) is 2.67. The van der Waals surface area contributed by atoms with Gasteiger partial charge in [0.1, 0.15) is 16.7 Å². The van der Waals surface area contributed by atoms with Gasteiger partial charge in [0.25, 0.3) is 5.91 Å². The van der Waals surface area contributed by atoms with Crippen LogP contribution in [0.2, 0.25) is 0 Å². The Hall–Kier alpha value is -1.70. The number of likely N-dealkylation sites (tertiary alicyclic amines) is 1. The molecule has 2 aliphatic heterocycles. The zero-order valence-corrected chi connectivity index (χ0v) is 13.7. The minimum absolute atomic E-state index is 0.150. The van der Waals surface area contributed by atoms with Gasteiger partial charge in [-0.2, -0.15) is 0 Å². The van der Waals surface area contributed by atoms with Gasteiger partial charge in [0.15, 0.2) is 12.1 Å². The number of carbonyl (C=O) groups is 2. The molecule has 0 bridgehead atoms. The maximum Gasteiger partial charge on any atom is 0.410 e. The van der Waals surface area contributed by atoms with Crippen molar-refractivity contribution in [2.45, 2.75) is 31.2 Å². The van der Waals surface area contributed by atoms with Crippen LogP contribution in [0.3, 0.4) is 0 Å². The van der Waals surface area contributed by atoms with Crippen molar-refractivity contribution in [3.05, 3.63) is 18.4 Å². The Labute approximate surface area is 133 Å². The molecule has 3 heterocycles. The summed E-state index contributed by atoms with van der Waals surface area (Å²) in [5, 5.41) is 0. The minimum Gasteiger partial charge on any atom is -0.451 e. The lowest BCUT2D eigenvalue weighted by atomic mass is 10.1. The average molecular weight is 325 g/mol. The number of ether oxygens (including phenoxy) is 1. The van der Waals surface area contributed by atoms with E-state index in [1.807, 2.05) is 20.8 Å². The van der Waals surface area contributed by atoms with E-state index in [0.717, 1.165) is 5.75 Å². The number of hydrogen-bond acceptors (Lipinski definition) is 6. The topological polar surface area (TPSA) is 75.9 Å². The molecule has 0 unspecified atom stereocenters. The van der Waals surface area contributed by atoms with E-state index in [1.54, 1.807) is 21.6 Å². The smallest absolute Gasteiger partial charge is 0.410 e. The molecule has 2 amide bonds. The number of hydrogen-bond donors (Lipinski definition) is 0. The van der Waals surface area contributed by atoms with E-state index >= 15 is 0 Å². The molecule has 22 heavy (non-hydrogen) atoms. The van der Waals surface area contributed by atoms with Crippen LogP contribution in [0.5, 0.6) is 0 Å². The molecule has 2 saturated heterocycles. The summed E-state index contributed by atoms with van der Waals surface area (Å²) in [5.41, 5.74) is -0.212. The van der Waals surface area contributed by atoms with Crippen molar-refractivity contribution in [3.8, 4) is 0 Å². The molecule has 0 aliphatic carbocycles. The van der Waals surface area contributed by atoms with Crippen molar-refractivity contribution in [3.63, 3.8) is 0 Å². The van der Waals surface area contributed by atoms with Crippen LogP contribution in [0.1, 0.15) is 31.3 Å². The third-order valence-corrected chi connectivity index (χ3v) is 5.00. The minimum atomic E-state index is -0.515.